The molecule has 0 bridgehead atoms. The van der Waals surface area contributed by atoms with E-state index >= 15 is 0 Å². The predicted octanol–water partition coefficient (Wildman–Crippen LogP) is 1.00. The van der Waals surface area contributed by atoms with Gasteiger partial charge in [-0.05, 0) is 39.7 Å². The smallest absolute Gasteiger partial charge is 0.355 e. The lowest BCUT2D eigenvalue weighted by Gasteiger charge is -2.26. The van der Waals surface area contributed by atoms with Crippen LogP contribution in [0.2, 0.25) is 0 Å². The van der Waals surface area contributed by atoms with Crippen LogP contribution >= 0.6 is 0 Å². The number of ether oxygens (including phenoxy) is 2. The third kappa shape index (κ3) is 4.73. The minimum Gasteiger partial charge on any atom is -0.461 e. The molecule has 156 valence electrons. The van der Waals surface area contributed by atoms with Crippen molar-refractivity contribution in [3.63, 3.8) is 0 Å². The Morgan fingerprint density at radius 3 is 2.36 bits per heavy atom. The number of H-pyrrole nitrogens is 1. The molecule has 1 atom stereocenters. The minimum atomic E-state index is -3.13. The Bertz CT molecular complexity index is 873. The fourth-order valence-corrected chi connectivity index (χ4v) is 5.14. The Morgan fingerprint density at radius 1 is 1.14 bits per heavy atom. The van der Waals surface area contributed by atoms with Crippen molar-refractivity contribution < 1.29 is 32.3 Å². The van der Waals surface area contributed by atoms with Crippen LogP contribution in [0.1, 0.15) is 52.4 Å². The number of hydrogen-bond acceptors (Lipinski definition) is 7. The second-order valence-electron chi connectivity index (χ2n) is 6.66. The van der Waals surface area contributed by atoms with Crippen LogP contribution in [0.5, 0.6) is 0 Å². The van der Waals surface area contributed by atoms with Gasteiger partial charge in [0.05, 0.1) is 23.7 Å². The number of rotatable bonds is 7. The molecule has 0 aromatic carbocycles. The third-order valence-corrected chi connectivity index (χ3v) is 6.51. The Hall–Kier alpha value is -2.36. The molecule has 2 rings (SSSR count). The van der Waals surface area contributed by atoms with Crippen LogP contribution in [-0.4, -0.2) is 73.5 Å². The Kier molecular flexibility index (Phi) is 6.87. The highest BCUT2D eigenvalue weighted by Gasteiger charge is 2.34. The van der Waals surface area contributed by atoms with Crippen molar-refractivity contribution in [2.75, 3.05) is 31.3 Å². The summed E-state index contributed by atoms with van der Waals surface area (Å²) in [5.74, 6) is -1.77. The number of carbonyl (C=O) groups is 3. The molecule has 1 aromatic rings. The number of aryl methyl sites for hydroxylation is 1. The van der Waals surface area contributed by atoms with Gasteiger partial charge in [0.2, 0.25) is 0 Å². The van der Waals surface area contributed by atoms with Gasteiger partial charge in [-0.25, -0.2) is 18.0 Å². The number of hydrogen-bond donors (Lipinski definition) is 1. The summed E-state index contributed by atoms with van der Waals surface area (Å²) in [6.07, 6.45) is 0.384. The molecule has 28 heavy (non-hydrogen) atoms. The van der Waals surface area contributed by atoms with E-state index in [1.54, 1.807) is 27.7 Å². The molecule has 9 nitrogen and oxygen atoms in total. The van der Waals surface area contributed by atoms with E-state index in [4.69, 9.17) is 9.47 Å². The van der Waals surface area contributed by atoms with Crippen molar-refractivity contribution in [2.45, 2.75) is 40.2 Å². The largest absolute Gasteiger partial charge is 0.461 e. The van der Waals surface area contributed by atoms with E-state index in [0.717, 1.165) is 0 Å². The summed E-state index contributed by atoms with van der Waals surface area (Å²) in [6.45, 7) is 6.67. The van der Waals surface area contributed by atoms with E-state index in [1.807, 2.05) is 0 Å². The summed E-state index contributed by atoms with van der Waals surface area (Å²) in [4.78, 5) is 41.1. The zero-order chi connectivity index (χ0) is 21.1. The second kappa shape index (κ2) is 8.76. The Morgan fingerprint density at radius 2 is 1.82 bits per heavy atom. The van der Waals surface area contributed by atoms with E-state index in [9.17, 15) is 22.8 Å². The van der Waals surface area contributed by atoms with Gasteiger partial charge in [0.1, 0.15) is 5.69 Å². The van der Waals surface area contributed by atoms with Crippen molar-refractivity contribution in [2.24, 2.45) is 0 Å². The monoisotopic (exact) mass is 414 g/mol. The highest BCUT2D eigenvalue weighted by molar-refractivity contribution is 7.91. The molecule has 0 saturated carbocycles. The van der Waals surface area contributed by atoms with Crippen molar-refractivity contribution in [3.05, 3.63) is 22.5 Å². The summed E-state index contributed by atoms with van der Waals surface area (Å²) >= 11 is 0. The zero-order valence-corrected chi connectivity index (χ0v) is 17.3. The highest BCUT2D eigenvalue weighted by atomic mass is 32.2. The summed E-state index contributed by atoms with van der Waals surface area (Å²) < 4.78 is 33.4. The predicted molar refractivity (Wildman–Crippen MR) is 101 cm³/mol. The lowest BCUT2D eigenvalue weighted by Crippen LogP contribution is -2.43. The van der Waals surface area contributed by atoms with Gasteiger partial charge in [-0.1, -0.05) is 0 Å². The SMILES string of the molecule is CCOC(=O)c1[nH]c(C)c(C(=O)OCC(=O)N(CC)[C@@H]2CCS(=O)(=O)C2)c1C. The van der Waals surface area contributed by atoms with Gasteiger partial charge >= 0.3 is 11.9 Å². The lowest BCUT2D eigenvalue weighted by molar-refractivity contribution is -0.136. The molecule has 0 aliphatic carbocycles. The number of esters is 2. The van der Waals surface area contributed by atoms with E-state index in [-0.39, 0.29) is 29.4 Å². The van der Waals surface area contributed by atoms with E-state index in [1.165, 1.54) is 4.90 Å². The molecule has 0 radical (unpaired) electrons. The maximum Gasteiger partial charge on any atom is 0.355 e. The minimum absolute atomic E-state index is 0.0552. The maximum atomic E-state index is 12.5. The number of nitrogens with zero attached hydrogens (tertiary/aromatic N) is 1. The molecule has 1 aromatic heterocycles. The Balaban J connectivity index is 2.05. The first-order valence-corrected chi connectivity index (χ1v) is 11.0. The fraction of sp³-hybridized carbons (Fsp3) is 0.611. The quantitative estimate of drug-likeness (QED) is 0.660. The number of aromatic nitrogens is 1. The summed E-state index contributed by atoms with van der Waals surface area (Å²) in [5, 5.41) is 0. The van der Waals surface area contributed by atoms with Crippen LogP contribution in [0, 0.1) is 13.8 Å². The first-order valence-electron chi connectivity index (χ1n) is 9.14. The average Bonchev–Trinajstić information content (AvgIpc) is 3.12. The summed E-state index contributed by atoms with van der Waals surface area (Å²) in [7, 11) is -3.13. The number of nitrogens with one attached hydrogen (secondary N) is 1. The average molecular weight is 414 g/mol. The van der Waals surface area contributed by atoms with Gasteiger partial charge in [0.15, 0.2) is 16.4 Å². The molecule has 1 amide bonds. The van der Waals surface area contributed by atoms with Crippen molar-refractivity contribution in [3.8, 4) is 0 Å². The van der Waals surface area contributed by atoms with Crippen LogP contribution in [-0.2, 0) is 24.1 Å². The van der Waals surface area contributed by atoms with Crippen LogP contribution in [0.25, 0.3) is 0 Å². The molecule has 1 fully saturated rings. The molecular formula is C18H26N2O7S. The molecule has 1 N–H and O–H groups in total. The van der Waals surface area contributed by atoms with Gasteiger partial charge in [-0.15, -0.1) is 0 Å². The molecule has 1 saturated heterocycles. The maximum absolute atomic E-state index is 12.5. The van der Waals surface area contributed by atoms with Gasteiger partial charge < -0.3 is 19.4 Å². The Labute approximate surface area is 164 Å². The van der Waals surface area contributed by atoms with Crippen LogP contribution in [0.4, 0.5) is 0 Å². The second-order valence-corrected chi connectivity index (χ2v) is 8.89. The molecule has 0 spiro atoms. The standard InChI is InChI=1S/C18H26N2O7S/c1-5-20(13-7-8-28(24,25)10-13)14(21)9-27-17(22)15-11(3)16(19-12(15)4)18(23)26-6-2/h13,19H,5-10H2,1-4H3/t13-/m1/s1. The van der Waals surface area contributed by atoms with Crippen molar-refractivity contribution >= 4 is 27.7 Å². The molecule has 10 heteroatoms. The zero-order valence-electron chi connectivity index (χ0n) is 16.5. The number of sulfone groups is 1. The van der Waals surface area contributed by atoms with Crippen molar-refractivity contribution in [1.29, 1.82) is 0 Å². The van der Waals surface area contributed by atoms with Crippen LogP contribution in [0.15, 0.2) is 0 Å². The first kappa shape index (κ1) is 21.9. The van der Waals surface area contributed by atoms with E-state index in [2.05, 4.69) is 4.98 Å². The molecule has 1 aliphatic heterocycles. The third-order valence-electron chi connectivity index (χ3n) is 4.76. The van der Waals surface area contributed by atoms with Gasteiger partial charge in [-0.3, -0.25) is 4.79 Å². The number of aromatic amines is 1. The van der Waals surface area contributed by atoms with E-state index < -0.39 is 40.3 Å². The fourth-order valence-electron chi connectivity index (χ4n) is 3.41. The van der Waals surface area contributed by atoms with Gasteiger partial charge in [0, 0.05) is 18.3 Å². The molecule has 2 heterocycles. The summed E-state index contributed by atoms with van der Waals surface area (Å²) in [5.41, 5.74) is 1.18. The molecule has 1 aliphatic rings. The van der Waals surface area contributed by atoms with Gasteiger partial charge in [0.25, 0.3) is 5.91 Å². The highest BCUT2D eigenvalue weighted by Crippen LogP contribution is 2.21. The number of amides is 1. The molecular weight excluding hydrogens is 388 g/mol. The normalized spacial score (nSPS) is 17.9. The topological polar surface area (TPSA) is 123 Å². The lowest BCUT2D eigenvalue weighted by atomic mass is 10.1. The number of likely N-dealkylation sites (N-methyl/N-ethyl adjacent to an activating group) is 1. The van der Waals surface area contributed by atoms with Crippen LogP contribution in [0.3, 0.4) is 0 Å². The summed E-state index contributed by atoms with van der Waals surface area (Å²) in [6, 6.07) is -0.396. The van der Waals surface area contributed by atoms with E-state index in [0.29, 0.717) is 24.2 Å². The first-order chi connectivity index (χ1) is 13.1. The number of carbonyl (C=O) groups excluding carboxylic acids is 3. The van der Waals surface area contributed by atoms with Gasteiger partial charge in [-0.2, -0.15) is 0 Å². The van der Waals surface area contributed by atoms with Crippen molar-refractivity contribution in [1.82, 2.24) is 9.88 Å². The van der Waals surface area contributed by atoms with Crippen LogP contribution < -0.4 is 0 Å². The molecule has 0 unspecified atom stereocenters.